The largest absolute Gasteiger partial charge is 0.578 e. The standard InChI is InChI=1S/C57H51F3N21O10P/c1-4-67-55(82)31-7-28(37(58)10-40(31)61)46-43-49(89-76-52(43)64)34(16-70-46)25-13-73-79(19-25)22-86-92(85,87-23-80-20-26(14-74-80)35-17-71-47(44-50(35)90-77-53(44)65)29-8-32(56(83)68-5-2)41(62)11-38(29)59)88-24-81-21-27(15-75-81)36-18-72-48(45-51(36)91-78-54(45)66)30-9-33(57(84)69-6-3)42(63)12-39(30)60/h7-21,85H,4-6,22-24H2,1-3H3,(H14-,61,62,63,64,65,66,67,68,69,70,71,72,76,77,78,82,83,84)/p+1. The molecule has 35 heteroatoms. The van der Waals surface area contributed by atoms with Crippen LogP contribution < -0.4 is 50.4 Å². The van der Waals surface area contributed by atoms with Crippen molar-refractivity contribution in [3.63, 3.8) is 0 Å². The van der Waals surface area contributed by atoms with Gasteiger partial charge >= 0.3 is 8.17 Å². The van der Waals surface area contributed by atoms with Crippen LogP contribution in [-0.2, 0) is 33.8 Å². The number of aromatic nitrogens is 12. The highest BCUT2D eigenvalue weighted by molar-refractivity contribution is 7.55. The molecule has 3 aromatic carbocycles. The van der Waals surface area contributed by atoms with Crippen molar-refractivity contribution in [3.05, 3.63) is 126 Å². The van der Waals surface area contributed by atoms with E-state index in [0.717, 1.165) is 18.2 Å². The van der Waals surface area contributed by atoms with Crippen LogP contribution in [0.15, 0.2) is 106 Å². The second kappa shape index (κ2) is 24.4. The lowest BCUT2D eigenvalue weighted by Gasteiger charge is -2.15. The van der Waals surface area contributed by atoms with Gasteiger partial charge in [0.1, 0.15) is 17.5 Å². The molecule has 9 heterocycles. The van der Waals surface area contributed by atoms with E-state index in [4.69, 9.17) is 61.5 Å². The topological polar surface area (TPSA) is 462 Å². The van der Waals surface area contributed by atoms with E-state index in [9.17, 15) is 19.3 Å². The van der Waals surface area contributed by atoms with Crippen LogP contribution in [0.25, 0.3) is 100 Å². The maximum atomic E-state index is 15.7. The molecular weight excluding hydrogens is 1230 g/mol. The summed E-state index contributed by atoms with van der Waals surface area (Å²) in [4.78, 5) is 64.4. The zero-order valence-corrected chi connectivity index (χ0v) is 49.3. The van der Waals surface area contributed by atoms with Crippen molar-refractivity contribution >= 4 is 93.3 Å². The van der Waals surface area contributed by atoms with Crippen LogP contribution in [0.5, 0.6) is 0 Å². The normalized spacial score (nSPS) is 11.8. The van der Waals surface area contributed by atoms with Gasteiger partial charge in [-0.3, -0.25) is 29.3 Å². The maximum absolute atomic E-state index is 15.7. The highest BCUT2D eigenvalue weighted by Crippen LogP contribution is 2.59. The number of nitrogen functional groups attached to an aromatic ring is 6. The summed E-state index contributed by atoms with van der Waals surface area (Å²) in [6, 6.07) is 6.80. The third kappa shape index (κ3) is 11.2. The summed E-state index contributed by atoms with van der Waals surface area (Å²) in [6.45, 7) is 4.43. The van der Waals surface area contributed by atoms with Gasteiger partial charge in [-0.25, -0.2) is 27.2 Å². The molecule has 0 aliphatic heterocycles. The second-order valence-electron chi connectivity index (χ2n) is 20.3. The highest BCUT2D eigenvalue weighted by atomic mass is 31.2. The molecule has 3 amide bonds. The van der Waals surface area contributed by atoms with Crippen LogP contribution in [0.3, 0.4) is 0 Å². The molecule has 0 spiro atoms. The quantitative estimate of drug-likeness (QED) is 0.0255. The summed E-state index contributed by atoms with van der Waals surface area (Å²) in [5.41, 5.74) is 38.7. The van der Waals surface area contributed by atoms with E-state index >= 15 is 13.2 Å². The number of amides is 3. The highest BCUT2D eigenvalue weighted by Gasteiger charge is 2.46. The molecule has 16 N–H and O–H groups in total. The van der Waals surface area contributed by atoms with Crippen molar-refractivity contribution in [3.8, 4) is 67.2 Å². The molecule has 470 valence electrons. The molecule has 0 atom stereocenters. The van der Waals surface area contributed by atoms with E-state index in [1.165, 1.54) is 88.0 Å². The molecule has 9 aromatic heterocycles. The lowest BCUT2D eigenvalue weighted by atomic mass is 10.00. The first-order chi connectivity index (χ1) is 44.3. The van der Waals surface area contributed by atoms with Gasteiger partial charge in [-0.15, -0.1) is 13.6 Å². The Bertz CT molecular complexity index is 4430. The molecule has 0 aliphatic carbocycles. The number of carbonyl (C=O) groups excluding carboxylic acids is 3. The molecule has 0 saturated carbocycles. The molecule has 92 heavy (non-hydrogen) atoms. The van der Waals surface area contributed by atoms with Gasteiger partial charge in [0.05, 0.1) is 68.5 Å². The fourth-order valence-corrected chi connectivity index (χ4v) is 11.0. The molecular formula is C57H52F3N21O10P+. The number of benzene rings is 3. The van der Waals surface area contributed by atoms with E-state index < -0.39 is 63.5 Å². The Kier molecular flexibility index (Phi) is 16.1. The van der Waals surface area contributed by atoms with Gasteiger partial charge in [0.25, 0.3) is 17.7 Å². The smallest absolute Gasteiger partial charge is 0.398 e. The average Bonchev–Trinajstić information content (AvgIpc) is 1.48. The number of hydrogen-bond donors (Lipinski definition) is 10. The summed E-state index contributed by atoms with van der Waals surface area (Å²) in [7, 11) is -4.53. The zero-order chi connectivity index (χ0) is 64.9. The number of hydrogen-bond acceptors (Lipinski definition) is 25. The first-order valence-electron chi connectivity index (χ1n) is 27.6. The first kappa shape index (κ1) is 60.7. The number of nitrogens with one attached hydrogen (secondary N) is 3. The fourth-order valence-electron chi connectivity index (χ4n) is 10.0. The van der Waals surface area contributed by atoms with Gasteiger partial charge < -0.3 is 63.9 Å². The number of fused-ring (bicyclic) bond motifs is 3. The molecule has 0 bridgehead atoms. The third-order valence-corrected chi connectivity index (χ3v) is 15.7. The minimum absolute atomic E-state index is 0.00754. The van der Waals surface area contributed by atoms with Gasteiger partial charge in [-0.1, -0.05) is 15.5 Å². The predicted molar refractivity (Wildman–Crippen MR) is 328 cm³/mol. The van der Waals surface area contributed by atoms with Gasteiger partial charge in [0.2, 0.25) is 0 Å². The number of carbonyl (C=O) groups is 3. The molecule has 0 aliphatic rings. The number of nitrogens with zero attached hydrogens (tertiary/aromatic N) is 12. The SMILES string of the molecule is CCNC(=O)c1cc(-c2ncc(-c3cnn(CO[P+](O)(OCn4cc(-c5cnc(-c6cc(C(=O)NCC)c(N)cc6F)c6c(N)noc56)cn4)OCn4cc(-c5cnc(-c6cc(C(=O)NCC)c(N)cc6F)c6c(N)noc56)cn4)c3)c3onc(N)c23)c(F)cc1N. The fraction of sp³-hybridized carbons (Fsp3) is 0.158. The Morgan fingerprint density at radius 2 is 0.750 bits per heavy atom. The Hall–Kier alpha value is -11.6. The summed E-state index contributed by atoms with van der Waals surface area (Å²) in [5, 5.41) is 33.3. The molecule has 12 rings (SSSR count). The Labute approximate surface area is 515 Å². The lowest BCUT2D eigenvalue weighted by molar-refractivity contribution is 0.0194. The van der Waals surface area contributed by atoms with Gasteiger partial charge in [-0.2, -0.15) is 20.2 Å². The number of nitrogens with two attached hydrogens (primary N) is 6. The zero-order valence-electron chi connectivity index (χ0n) is 48.4. The van der Waals surface area contributed by atoms with E-state index in [1.54, 1.807) is 20.8 Å². The van der Waals surface area contributed by atoms with E-state index in [2.05, 4.69) is 61.7 Å². The Balaban J connectivity index is 0.830. The summed E-state index contributed by atoms with van der Waals surface area (Å²) in [6.07, 6.45) is 12.8. The molecule has 12 aromatic rings. The van der Waals surface area contributed by atoms with Crippen LogP contribution >= 0.6 is 8.17 Å². The molecule has 0 fully saturated rings. The van der Waals surface area contributed by atoms with Crippen molar-refractivity contribution in [2.24, 2.45) is 0 Å². The summed E-state index contributed by atoms with van der Waals surface area (Å²) in [5.74, 6) is -4.37. The molecule has 0 saturated heterocycles. The van der Waals surface area contributed by atoms with Crippen molar-refractivity contribution in [1.82, 2.24) is 75.7 Å². The van der Waals surface area contributed by atoms with Crippen molar-refractivity contribution in [1.29, 1.82) is 0 Å². The van der Waals surface area contributed by atoms with Crippen molar-refractivity contribution in [2.45, 2.75) is 41.0 Å². The number of rotatable bonds is 21. The minimum atomic E-state index is -4.53. The number of anilines is 6. The Morgan fingerprint density at radius 3 is 1.02 bits per heavy atom. The Morgan fingerprint density at radius 1 is 0.467 bits per heavy atom. The van der Waals surface area contributed by atoms with Crippen LogP contribution in [0.1, 0.15) is 51.8 Å². The van der Waals surface area contributed by atoms with Crippen LogP contribution in [0, 0.1) is 17.5 Å². The van der Waals surface area contributed by atoms with E-state index in [0.29, 0.717) is 33.4 Å². The lowest BCUT2D eigenvalue weighted by Crippen LogP contribution is -2.24. The van der Waals surface area contributed by atoms with Crippen molar-refractivity contribution in [2.75, 3.05) is 54.0 Å². The third-order valence-electron chi connectivity index (χ3n) is 14.4. The predicted octanol–water partition coefficient (Wildman–Crippen LogP) is 7.04. The molecule has 31 nitrogen and oxygen atoms in total. The van der Waals surface area contributed by atoms with E-state index in [-0.39, 0.29) is 138 Å². The van der Waals surface area contributed by atoms with Gasteiger partial charge in [-0.05, 0) is 57.2 Å². The van der Waals surface area contributed by atoms with Crippen LogP contribution in [-0.4, -0.2) is 102 Å². The van der Waals surface area contributed by atoms with Gasteiger partial charge in [0, 0.05) is 124 Å². The molecule has 0 radical (unpaired) electrons. The van der Waals surface area contributed by atoms with Crippen molar-refractivity contribution < 1.29 is 59.6 Å². The first-order valence-corrected chi connectivity index (χ1v) is 29.1. The maximum Gasteiger partial charge on any atom is 0.578 e. The number of halogens is 3. The number of pyridine rings is 3. The van der Waals surface area contributed by atoms with Gasteiger partial charge in [0.15, 0.2) is 54.4 Å². The second-order valence-corrected chi connectivity index (χ2v) is 22.0. The molecule has 0 unspecified atom stereocenters. The average molecular weight is 1280 g/mol. The van der Waals surface area contributed by atoms with E-state index in [1.807, 2.05) is 0 Å². The minimum Gasteiger partial charge on any atom is -0.398 e. The van der Waals surface area contributed by atoms with Crippen LogP contribution in [0.2, 0.25) is 0 Å². The summed E-state index contributed by atoms with van der Waals surface area (Å²) < 4.78 is 85.8. The summed E-state index contributed by atoms with van der Waals surface area (Å²) >= 11 is 0. The monoisotopic (exact) mass is 1280 g/mol. The van der Waals surface area contributed by atoms with Crippen LogP contribution in [0.4, 0.5) is 47.7 Å².